The van der Waals surface area contributed by atoms with E-state index in [4.69, 9.17) is 9.47 Å². The third kappa shape index (κ3) is 15.9. The highest BCUT2D eigenvalue weighted by Gasteiger charge is 1.92. The van der Waals surface area contributed by atoms with Crippen LogP contribution in [0.1, 0.15) is 58.8 Å². The Morgan fingerprint density at radius 1 is 0.611 bits per heavy atom. The molecular weight excluding hydrogens is 226 g/mol. The quantitative estimate of drug-likeness (QED) is 0.457. The molecule has 0 heterocycles. The monoisotopic (exact) mass is 259 g/mol. The summed E-state index contributed by atoms with van der Waals surface area (Å²) in [5.41, 5.74) is 0. The van der Waals surface area contributed by atoms with Gasteiger partial charge in [0.05, 0.1) is 13.2 Å². The molecule has 0 aromatic rings. The second kappa shape index (κ2) is 16.9. The van der Waals surface area contributed by atoms with Gasteiger partial charge in [-0.25, -0.2) is 0 Å². The van der Waals surface area contributed by atoms with Gasteiger partial charge in [0.15, 0.2) is 0 Å². The summed E-state index contributed by atoms with van der Waals surface area (Å²) in [4.78, 5) is 0. The molecule has 110 valence electrons. The van der Waals surface area contributed by atoms with Crippen molar-refractivity contribution in [2.24, 2.45) is 0 Å². The first-order valence-electron chi connectivity index (χ1n) is 7.78. The number of hydrogen-bond donors (Lipinski definition) is 1. The van der Waals surface area contributed by atoms with E-state index < -0.39 is 0 Å². The summed E-state index contributed by atoms with van der Waals surface area (Å²) in [6.07, 6.45) is 8.66. The molecule has 3 heteroatoms. The van der Waals surface area contributed by atoms with Crippen molar-refractivity contribution in [1.82, 2.24) is 5.32 Å². The second-order valence-electron chi connectivity index (χ2n) is 4.74. The normalized spacial score (nSPS) is 11.0. The van der Waals surface area contributed by atoms with Crippen molar-refractivity contribution in [3.05, 3.63) is 0 Å². The molecule has 18 heavy (non-hydrogen) atoms. The Kier molecular flexibility index (Phi) is 16.8. The van der Waals surface area contributed by atoms with Crippen LogP contribution in [0.3, 0.4) is 0 Å². The van der Waals surface area contributed by atoms with E-state index in [1.54, 1.807) is 0 Å². The Labute approximate surface area is 114 Å². The van der Waals surface area contributed by atoms with Crippen LogP contribution in [0.2, 0.25) is 0 Å². The van der Waals surface area contributed by atoms with Gasteiger partial charge in [0.25, 0.3) is 0 Å². The predicted octanol–water partition coefficient (Wildman–Crippen LogP) is 3.38. The van der Waals surface area contributed by atoms with Gasteiger partial charge in [0.1, 0.15) is 0 Å². The van der Waals surface area contributed by atoms with Crippen molar-refractivity contribution in [3.63, 3.8) is 0 Å². The maximum atomic E-state index is 5.52. The number of hydrogen-bond acceptors (Lipinski definition) is 3. The van der Waals surface area contributed by atoms with Gasteiger partial charge in [-0.05, 0) is 38.8 Å². The summed E-state index contributed by atoms with van der Waals surface area (Å²) < 4.78 is 10.9. The Morgan fingerprint density at radius 2 is 1.28 bits per heavy atom. The minimum Gasteiger partial charge on any atom is -0.379 e. The van der Waals surface area contributed by atoms with Crippen LogP contribution in [-0.4, -0.2) is 39.5 Å². The van der Waals surface area contributed by atoms with E-state index in [-0.39, 0.29) is 0 Å². The SMILES string of the molecule is CCCCOCCOCCCCCCNCCC. The summed E-state index contributed by atoms with van der Waals surface area (Å²) in [6.45, 7) is 9.97. The predicted molar refractivity (Wildman–Crippen MR) is 78.2 cm³/mol. The molecule has 0 fully saturated rings. The van der Waals surface area contributed by atoms with E-state index in [0.717, 1.165) is 39.4 Å². The summed E-state index contributed by atoms with van der Waals surface area (Å²) in [5, 5.41) is 3.42. The first-order chi connectivity index (χ1) is 8.91. The van der Waals surface area contributed by atoms with E-state index >= 15 is 0 Å². The number of nitrogens with one attached hydrogen (secondary N) is 1. The van der Waals surface area contributed by atoms with E-state index in [2.05, 4.69) is 19.2 Å². The molecule has 0 aromatic heterocycles. The zero-order valence-electron chi connectivity index (χ0n) is 12.5. The molecule has 0 amide bonds. The van der Waals surface area contributed by atoms with Gasteiger partial charge in [-0.3, -0.25) is 0 Å². The highest BCUT2D eigenvalue weighted by atomic mass is 16.5. The molecule has 0 aliphatic heterocycles. The van der Waals surface area contributed by atoms with Crippen LogP contribution in [-0.2, 0) is 9.47 Å². The van der Waals surface area contributed by atoms with Crippen LogP contribution in [0.15, 0.2) is 0 Å². The molecule has 0 bridgehead atoms. The molecule has 0 rings (SSSR count). The molecule has 1 N–H and O–H groups in total. The molecule has 0 atom stereocenters. The molecule has 0 aromatic carbocycles. The van der Waals surface area contributed by atoms with E-state index in [9.17, 15) is 0 Å². The average molecular weight is 259 g/mol. The lowest BCUT2D eigenvalue weighted by Crippen LogP contribution is -2.15. The van der Waals surface area contributed by atoms with Gasteiger partial charge in [-0.1, -0.05) is 33.1 Å². The second-order valence-corrected chi connectivity index (χ2v) is 4.74. The largest absolute Gasteiger partial charge is 0.379 e. The molecule has 0 saturated heterocycles. The summed E-state index contributed by atoms with van der Waals surface area (Å²) in [7, 11) is 0. The first-order valence-corrected chi connectivity index (χ1v) is 7.78. The highest BCUT2D eigenvalue weighted by Crippen LogP contribution is 1.99. The number of ether oxygens (including phenoxy) is 2. The third-order valence-electron chi connectivity index (χ3n) is 2.83. The van der Waals surface area contributed by atoms with Crippen molar-refractivity contribution >= 4 is 0 Å². The van der Waals surface area contributed by atoms with Crippen LogP contribution < -0.4 is 5.32 Å². The minimum absolute atomic E-state index is 0.751. The van der Waals surface area contributed by atoms with E-state index in [1.807, 2.05) is 0 Å². The Balaban J connectivity index is 2.86. The molecule has 0 radical (unpaired) electrons. The van der Waals surface area contributed by atoms with Gasteiger partial charge in [-0.15, -0.1) is 0 Å². The molecular formula is C15H33NO2. The van der Waals surface area contributed by atoms with Gasteiger partial charge in [0.2, 0.25) is 0 Å². The minimum atomic E-state index is 0.751. The Hall–Kier alpha value is -0.120. The molecule has 0 aliphatic carbocycles. The van der Waals surface area contributed by atoms with Gasteiger partial charge in [-0.2, -0.15) is 0 Å². The zero-order valence-corrected chi connectivity index (χ0v) is 12.5. The molecule has 3 nitrogen and oxygen atoms in total. The lowest BCUT2D eigenvalue weighted by molar-refractivity contribution is 0.0453. The fourth-order valence-electron chi connectivity index (χ4n) is 1.68. The Bertz CT molecular complexity index is 126. The van der Waals surface area contributed by atoms with Crippen LogP contribution in [0.4, 0.5) is 0 Å². The average Bonchev–Trinajstić information content (AvgIpc) is 2.39. The maximum absolute atomic E-state index is 5.52. The summed E-state index contributed by atoms with van der Waals surface area (Å²) >= 11 is 0. The van der Waals surface area contributed by atoms with Crippen molar-refractivity contribution < 1.29 is 9.47 Å². The van der Waals surface area contributed by atoms with Crippen LogP contribution in [0.5, 0.6) is 0 Å². The third-order valence-corrected chi connectivity index (χ3v) is 2.83. The topological polar surface area (TPSA) is 30.5 Å². The molecule has 0 saturated carbocycles. The Morgan fingerprint density at radius 3 is 1.94 bits per heavy atom. The van der Waals surface area contributed by atoms with Gasteiger partial charge >= 0.3 is 0 Å². The number of unbranched alkanes of at least 4 members (excludes halogenated alkanes) is 4. The molecule has 0 unspecified atom stereocenters. The van der Waals surface area contributed by atoms with E-state index in [0.29, 0.717) is 0 Å². The fourth-order valence-corrected chi connectivity index (χ4v) is 1.68. The van der Waals surface area contributed by atoms with Crippen LogP contribution in [0.25, 0.3) is 0 Å². The number of rotatable bonds is 15. The van der Waals surface area contributed by atoms with Crippen molar-refractivity contribution in [2.45, 2.75) is 58.8 Å². The van der Waals surface area contributed by atoms with E-state index in [1.165, 1.54) is 45.1 Å². The van der Waals surface area contributed by atoms with Gasteiger partial charge in [0, 0.05) is 13.2 Å². The summed E-state index contributed by atoms with van der Waals surface area (Å²) in [6, 6.07) is 0. The van der Waals surface area contributed by atoms with Crippen LogP contribution in [0, 0.1) is 0 Å². The molecule has 0 aliphatic rings. The zero-order chi connectivity index (χ0) is 13.3. The first kappa shape index (κ1) is 17.9. The van der Waals surface area contributed by atoms with Crippen molar-refractivity contribution in [1.29, 1.82) is 0 Å². The highest BCUT2D eigenvalue weighted by molar-refractivity contribution is 4.48. The van der Waals surface area contributed by atoms with Crippen molar-refractivity contribution in [2.75, 3.05) is 39.5 Å². The van der Waals surface area contributed by atoms with Crippen molar-refractivity contribution in [3.8, 4) is 0 Å². The fraction of sp³-hybridized carbons (Fsp3) is 1.00. The smallest absolute Gasteiger partial charge is 0.0700 e. The van der Waals surface area contributed by atoms with Crippen LogP contribution >= 0.6 is 0 Å². The standard InChI is InChI=1S/C15H33NO2/c1-3-5-12-17-14-15-18-13-9-7-6-8-11-16-10-4-2/h16H,3-15H2,1-2H3. The maximum Gasteiger partial charge on any atom is 0.0700 e. The molecule has 0 spiro atoms. The lowest BCUT2D eigenvalue weighted by Gasteiger charge is -2.06. The van der Waals surface area contributed by atoms with Gasteiger partial charge < -0.3 is 14.8 Å². The lowest BCUT2D eigenvalue weighted by atomic mass is 10.2. The summed E-state index contributed by atoms with van der Waals surface area (Å²) in [5.74, 6) is 0.